The molecule has 7 N–H and O–H groups in total. The number of methoxy groups -OCH3 is 1. The Balaban J connectivity index is 1.37. The number of ketones is 2. The van der Waals surface area contributed by atoms with E-state index >= 15 is 0 Å². The molecule has 0 radical (unpaired) electrons. The van der Waals surface area contributed by atoms with Crippen LogP contribution in [-0.4, -0.2) is 87.5 Å². The fourth-order valence-corrected chi connectivity index (χ4v) is 7.01. The summed E-state index contributed by atoms with van der Waals surface area (Å²) in [4.78, 5) is 40.9. The maximum absolute atomic E-state index is 14.0. The molecule has 1 fully saturated rings. The molecular formula is C38H43N3O11. The molecule has 1 amide bonds. The lowest BCUT2D eigenvalue weighted by molar-refractivity contribution is -0.245. The van der Waals surface area contributed by atoms with E-state index in [1.807, 2.05) is 0 Å². The van der Waals surface area contributed by atoms with Gasteiger partial charge in [-0.15, -0.1) is 0 Å². The fraction of sp³-hybridized carbons (Fsp3) is 0.421. The predicted molar refractivity (Wildman–Crippen MR) is 187 cm³/mol. The lowest BCUT2D eigenvalue weighted by Crippen LogP contribution is -2.52. The third-order valence-corrected chi connectivity index (χ3v) is 10.0. The number of nitrogens with zero attached hydrogens (tertiary/aromatic N) is 1. The van der Waals surface area contributed by atoms with Crippen LogP contribution in [0.15, 0.2) is 47.6 Å². The number of carbonyl (C=O) groups is 3. The average Bonchev–Trinajstić information content (AvgIpc) is 3.12. The minimum atomic E-state index is -1.91. The molecule has 3 aromatic carbocycles. The van der Waals surface area contributed by atoms with E-state index in [0.29, 0.717) is 12.4 Å². The number of phenols is 2. The van der Waals surface area contributed by atoms with Crippen LogP contribution in [0.25, 0.3) is 0 Å². The van der Waals surface area contributed by atoms with Crippen LogP contribution in [0.3, 0.4) is 0 Å². The molecule has 2 aliphatic carbocycles. The summed E-state index contributed by atoms with van der Waals surface area (Å²) in [6, 6.07) is 10.2. The van der Waals surface area contributed by atoms with Gasteiger partial charge in [0, 0.05) is 47.6 Å². The number of aliphatic hydroxyl groups excluding tert-OH is 1. The summed E-state index contributed by atoms with van der Waals surface area (Å²) in [5.41, 5.74) is 5.97. The quantitative estimate of drug-likeness (QED) is 0.0602. The first-order valence-electron chi connectivity index (χ1n) is 17.2. The van der Waals surface area contributed by atoms with Gasteiger partial charge in [-0.2, -0.15) is 5.10 Å². The Hall–Kier alpha value is -4.86. The Bertz CT molecular complexity index is 1920. The van der Waals surface area contributed by atoms with Gasteiger partial charge in [-0.1, -0.05) is 25.5 Å². The molecule has 14 heteroatoms. The van der Waals surface area contributed by atoms with Gasteiger partial charge in [-0.3, -0.25) is 14.4 Å². The Morgan fingerprint density at radius 2 is 1.79 bits per heavy atom. The molecule has 3 aromatic rings. The van der Waals surface area contributed by atoms with Crippen molar-refractivity contribution < 1.29 is 53.8 Å². The van der Waals surface area contributed by atoms with Crippen molar-refractivity contribution in [1.82, 2.24) is 5.43 Å². The number of aromatic hydroxyl groups is 2. The topological polar surface area (TPSA) is 219 Å². The van der Waals surface area contributed by atoms with Crippen LogP contribution in [0.1, 0.15) is 106 Å². The van der Waals surface area contributed by atoms with Crippen molar-refractivity contribution in [2.24, 2.45) is 10.8 Å². The fourth-order valence-electron chi connectivity index (χ4n) is 7.01. The van der Waals surface area contributed by atoms with Crippen LogP contribution in [0.5, 0.6) is 23.0 Å². The second kappa shape index (κ2) is 14.6. The predicted octanol–water partition coefficient (Wildman–Crippen LogP) is 3.42. The van der Waals surface area contributed by atoms with Crippen LogP contribution < -0.4 is 20.6 Å². The maximum Gasteiger partial charge on any atom is 0.271 e. The number of ether oxygens (including phenoxy) is 4. The van der Waals surface area contributed by atoms with E-state index in [1.165, 1.54) is 32.2 Å². The Labute approximate surface area is 300 Å². The number of benzene rings is 3. The SMILES string of the molecule is CCCCOc1ccc(C(=O)NN=C(C)[C@]2(O)Cc3c(O)c4c(c(O)c3[C@@H](OC3CC(N)C(O)C(C)O3)C2)C(=O)c2c(OC)cccc2C4=O)cc1. The number of hydrazone groups is 1. The second-order valence-electron chi connectivity index (χ2n) is 13.4. The van der Waals surface area contributed by atoms with Gasteiger partial charge in [0.05, 0.1) is 54.4 Å². The Morgan fingerprint density at radius 3 is 2.46 bits per heavy atom. The van der Waals surface area contributed by atoms with Crippen molar-refractivity contribution >= 4 is 23.2 Å². The first kappa shape index (κ1) is 36.9. The molecular weight excluding hydrogens is 674 g/mol. The third kappa shape index (κ3) is 6.63. The van der Waals surface area contributed by atoms with Gasteiger partial charge in [-0.05, 0) is 50.6 Å². The molecule has 276 valence electrons. The van der Waals surface area contributed by atoms with Crippen LogP contribution in [0.4, 0.5) is 0 Å². The van der Waals surface area contributed by atoms with Crippen LogP contribution in [-0.2, 0) is 15.9 Å². The molecule has 0 bridgehead atoms. The van der Waals surface area contributed by atoms with Crippen molar-refractivity contribution in [2.75, 3.05) is 13.7 Å². The Morgan fingerprint density at radius 1 is 1.08 bits per heavy atom. The van der Waals surface area contributed by atoms with Crippen molar-refractivity contribution in [3.05, 3.63) is 81.4 Å². The summed E-state index contributed by atoms with van der Waals surface area (Å²) >= 11 is 0. The van der Waals surface area contributed by atoms with Gasteiger partial charge in [-0.25, -0.2) is 5.43 Å². The average molecular weight is 718 g/mol. The molecule has 14 nitrogen and oxygen atoms in total. The van der Waals surface area contributed by atoms with Gasteiger partial charge in [0.25, 0.3) is 5.91 Å². The van der Waals surface area contributed by atoms with E-state index in [-0.39, 0.29) is 58.5 Å². The number of carbonyl (C=O) groups excluding carboxylic acids is 3. The van der Waals surface area contributed by atoms with Gasteiger partial charge in [0.1, 0.15) is 28.6 Å². The van der Waals surface area contributed by atoms with Gasteiger partial charge in [0.2, 0.25) is 5.78 Å². The zero-order chi connectivity index (χ0) is 37.5. The molecule has 1 aliphatic heterocycles. The molecule has 6 rings (SSSR count). The van der Waals surface area contributed by atoms with E-state index in [4.69, 9.17) is 24.7 Å². The summed E-state index contributed by atoms with van der Waals surface area (Å²) in [6.45, 7) is 5.71. The molecule has 0 saturated carbocycles. The van der Waals surface area contributed by atoms with Crippen LogP contribution in [0.2, 0.25) is 0 Å². The number of rotatable bonds is 10. The standard InChI is InChI=1S/C38H43N3O11/c1-5-6-14-50-21-12-10-20(11-13-21)37(47)41-40-19(3)38(48)16-23-29(26(17-38)52-27-15-24(39)32(42)18(2)51-27)36(46)31-30(34(23)44)33(43)22-8-7-9-25(49-4)28(22)35(31)45/h7-13,18,24,26-27,32,42,44,46,48H,5-6,14-17,39H2,1-4H3,(H,41,47)/t18?,24?,26-,27?,32?,38-/m0/s1. The minimum absolute atomic E-state index is 0.0245. The highest BCUT2D eigenvalue weighted by Crippen LogP contribution is 2.52. The smallest absolute Gasteiger partial charge is 0.271 e. The van der Waals surface area contributed by atoms with Crippen molar-refractivity contribution in [3.63, 3.8) is 0 Å². The van der Waals surface area contributed by atoms with Gasteiger partial charge in [0.15, 0.2) is 12.1 Å². The van der Waals surface area contributed by atoms with E-state index in [2.05, 4.69) is 17.5 Å². The zero-order valence-corrected chi connectivity index (χ0v) is 29.3. The minimum Gasteiger partial charge on any atom is -0.507 e. The molecule has 1 saturated heterocycles. The maximum atomic E-state index is 14.0. The highest BCUT2D eigenvalue weighted by molar-refractivity contribution is 6.31. The van der Waals surface area contributed by atoms with Crippen molar-refractivity contribution in [2.45, 2.75) is 89.1 Å². The van der Waals surface area contributed by atoms with Gasteiger partial charge >= 0.3 is 0 Å². The zero-order valence-electron chi connectivity index (χ0n) is 29.3. The summed E-state index contributed by atoms with van der Waals surface area (Å²) in [7, 11) is 1.34. The van der Waals surface area contributed by atoms with E-state index < -0.39 is 76.3 Å². The number of hydrogen-bond donors (Lipinski definition) is 6. The van der Waals surface area contributed by atoms with E-state index in [0.717, 1.165) is 12.8 Å². The number of fused-ring (bicyclic) bond motifs is 3. The first-order chi connectivity index (χ1) is 24.8. The van der Waals surface area contributed by atoms with E-state index in [1.54, 1.807) is 31.2 Å². The number of nitrogens with one attached hydrogen (secondary N) is 1. The normalized spacial score (nSPS) is 25.5. The first-order valence-corrected chi connectivity index (χ1v) is 17.2. The summed E-state index contributed by atoms with van der Waals surface area (Å²) in [5.74, 6) is -2.53. The molecule has 0 aromatic heterocycles. The van der Waals surface area contributed by atoms with Crippen LogP contribution in [0, 0.1) is 0 Å². The lowest BCUT2D eigenvalue weighted by atomic mass is 9.71. The summed E-state index contributed by atoms with van der Waals surface area (Å²) in [6.07, 6.45) is -2.72. The summed E-state index contributed by atoms with van der Waals surface area (Å²) < 4.78 is 23.2. The highest BCUT2D eigenvalue weighted by atomic mass is 16.7. The van der Waals surface area contributed by atoms with Crippen molar-refractivity contribution in [1.29, 1.82) is 0 Å². The second-order valence-corrected chi connectivity index (χ2v) is 13.4. The summed E-state index contributed by atoms with van der Waals surface area (Å²) in [5, 5.41) is 50.3. The molecule has 0 spiro atoms. The number of unbranched alkanes of at least 4 members (excludes halogenated alkanes) is 1. The number of aliphatic hydroxyl groups is 2. The lowest BCUT2D eigenvalue weighted by Gasteiger charge is -2.42. The molecule has 1 heterocycles. The monoisotopic (exact) mass is 717 g/mol. The molecule has 6 atom stereocenters. The molecule has 3 aliphatic rings. The molecule has 52 heavy (non-hydrogen) atoms. The van der Waals surface area contributed by atoms with Crippen LogP contribution >= 0.6 is 0 Å². The number of nitrogens with two attached hydrogens (primary N) is 1. The van der Waals surface area contributed by atoms with Gasteiger partial charge < -0.3 is 45.1 Å². The Kier molecular flexibility index (Phi) is 10.4. The third-order valence-electron chi connectivity index (χ3n) is 10.0. The van der Waals surface area contributed by atoms with E-state index in [9.17, 15) is 34.8 Å². The highest BCUT2D eigenvalue weighted by Gasteiger charge is 2.49. The number of phenolic OH excluding ortho intramolecular Hbond substituents is 2. The van der Waals surface area contributed by atoms with Crippen molar-refractivity contribution in [3.8, 4) is 23.0 Å². The largest absolute Gasteiger partial charge is 0.507 e. The molecule has 4 unspecified atom stereocenters. The number of hydrogen-bond acceptors (Lipinski definition) is 13. The number of amides is 1.